The molecule has 0 N–H and O–H groups in total. The highest BCUT2D eigenvalue weighted by Gasteiger charge is 2.08. The van der Waals surface area contributed by atoms with E-state index in [0.717, 1.165) is 16.7 Å². The number of thiophene rings is 1. The first-order valence-electron chi connectivity index (χ1n) is 12.7. The molecule has 0 saturated carbocycles. The Bertz CT molecular complexity index is 1890. The lowest BCUT2D eigenvalue weighted by atomic mass is 9.96. The third kappa shape index (κ3) is 4.19. The molecule has 2 heteroatoms. The highest BCUT2D eigenvalue weighted by Crippen LogP contribution is 2.37. The fourth-order valence-electron chi connectivity index (χ4n) is 5.14. The monoisotopic (exact) mass is 506 g/mol. The molecule has 0 aliphatic heterocycles. The third-order valence-electron chi connectivity index (χ3n) is 7.19. The fourth-order valence-corrected chi connectivity index (χ4v) is 6.22. The zero-order chi connectivity index (χ0) is 25.5. The Morgan fingerprint density at radius 3 is 1.39 bits per heavy atom. The molecule has 0 atom stereocenters. The highest BCUT2D eigenvalue weighted by molar-refractivity contribution is 7.25. The van der Waals surface area contributed by atoms with E-state index in [-0.39, 0.29) is 5.82 Å². The molecule has 0 bridgehead atoms. The van der Waals surface area contributed by atoms with Crippen LogP contribution in [0.3, 0.4) is 0 Å². The van der Waals surface area contributed by atoms with Crippen LogP contribution in [0.15, 0.2) is 140 Å². The summed E-state index contributed by atoms with van der Waals surface area (Å²) in [5.74, 6) is -0.215. The summed E-state index contributed by atoms with van der Waals surface area (Å²) in [6.07, 6.45) is 0. The summed E-state index contributed by atoms with van der Waals surface area (Å²) in [5, 5.41) is 2.65. The maximum atomic E-state index is 13.3. The van der Waals surface area contributed by atoms with E-state index in [1.54, 1.807) is 0 Å². The van der Waals surface area contributed by atoms with Gasteiger partial charge in [-0.2, -0.15) is 0 Å². The molecule has 7 rings (SSSR count). The molecule has 0 aliphatic rings. The van der Waals surface area contributed by atoms with Crippen molar-refractivity contribution in [3.8, 4) is 44.5 Å². The number of fused-ring (bicyclic) bond motifs is 3. The molecule has 38 heavy (non-hydrogen) atoms. The van der Waals surface area contributed by atoms with E-state index in [2.05, 4.69) is 115 Å². The van der Waals surface area contributed by atoms with Gasteiger partial charge in [-0.25, -0.2) is 4.39 Å². The number of hydrogen-bond acceptors (Lipinski definition) is 1. The topological polar surface area (TPSA) is 0 Å². The van der Waals surface area contributed by atoms with Crippen LogP contribution in [-0.4, -0.2) is 0 Å². The summed E-state index contributed by atoms with van der Waals surface area (Å²) >= 11 is 1.85. The van der Waals surface area contributed by atoms with Crippen molar-refractivity contribution in [3.05, 3.63) is 145 Å². The van der Waals surface area contributed by atoms with Crippen LogP contribution in [-0.2, 0) is 0 Å². The van der Waals surface area contributed by atoms with Crippen molar-refractivity contribution in [3.63, 3.8) is 0 Å². The van der Waals surface area contributed by atoms with E-state index in [0.29, 0.717) is 0 Å². The molecule has 0 fully saturated rings. The van der Waals surface area contributed by atoms with Crippen molar-refractivity contribution >= 4 is 31.5 Å². The second kappa shape index (κ2) is 9.41. The molecule has 0 unspecified atom stereocenters. The van der Waals surface area contributed by atoms with E-state index in [1.165, 1.54) is 60.1 Å². The predicted molar refractivity (Wildman–Crippen MR) is 161 cm³/mol. The van der Waals surface area contributed by atoms with Crippen LogP contribution >= 0.6 is 11.3 Å². The smallest absolute Gasteiger partial charge is 0.123 e. The summed E-state index contributed by atoms with van der Waals surface area (Å²) in [6, 6.07) is 48.0. The molecule has 0 aliphatic carbocycles. The van der Waals surface area contributed by atoms with Gasteiger partial charge < -0.3 is 0 Å². The van der Waals surface area contributed by atoms with Crippen LogP contribution in [0.4, 0.5) is 4.39 Å². The van der Waals surface area contributed by atoms with Gasteiger partial charge in [0.1, 0.15) is 5.82 Å². The first-order valence-corrected chi connectivity index (χ1v) is 13.5. The van der Waals surface area contributed by atoms with Gasteiger partial charge in [0.15, 0.2) is 0 Å². The largest absolute Gasteiger partial charge is 0.207 e. The van der Waals surface area contributed by atoms with Gasteiger partial charge in [-0.3, -0.25) is 0 Å². The minimum atomic E-state index is -0.215. The molecular formula is C36H23FS. The van der Waals surface area contributed by atoms with Crippen molar-refractivity contribution in [2.45, 2.75) is 0 Å². The highest BCUT2D eigenvalue weighted by atomic mass is 32.1. The zero-order valence-corrected chi connectivity index (χ0v) is 21.4. The van der Waals surface area contributed by atoms with E-state index < -0.39 is 0 Å². The summed E-state index contributed by atoms with van der Waals surface area (Å²) in [7, 11) is 0. The number of benzene rings is 6. The van der Waals surface area contributed by atoms with Crippen LogP contribution in [0.1, 0.15) is 0 Å². The summed E-state index contributed by atoms with van der Waals surface area (Å²) < 4.78 is 15.9. The minimum absolute atomic E-state index is 0.215. The molecule has 1 aromatic heterocycles. The molecular weight excluding hydrogens is 483 g/mol. The van der Waals surface area contributed by atoms with E-state index in [4.69, 9.17) is 0 Å². The molecule has 7 aromatic rings. The van der Waals surface area contributed by atoms with Gasteiger partial charge >= 0.3 is 0 Å². The van der Waals surface area contributed by atoms with Crippen molar-refractivity contribution in [1.82, 2.24) is 0 Å². The van der Waals surface area contributed by atoms with Gasteiger partial charge in [-0.05, 0) is 80.9 Å². The van der Waals surface area contributed by atoms with Crippen molar-refractivity contribution in [2.24, 2.45) is 0 Å². The average molecular weight is 507 g/mol. The number of rotatable bonds is 4. The van der Waals surface area contributed by atoms with Gasteiger partial charge in [0.2, 0.25) is 0 Å². The Balaban J connectivity index is 1.16. The van der Waals surface area contributed by atoms with Gasteiger partial charge in [0, 0.05) is 20.2 Å². The number of halogens is 1. The Morgan fingerprint density at radius 2 is 0.789 bits per heavy atom. The van der Waals surface area contributed by atoms with Gasteiger partial charge in [-0.15, -0.1) is 11.3 Å². The first kappa shape index (κ1) is 22.7. The predicted octanol–water partition coefficient (Wildman–Crippen LogP) is 10.9. The van der Waals surface area contributed by atoms with E-state index in [9.17, 15) is 4.39 Å². The quantitative estimate of drug-likeness (QED) is 0.223. The average Bonchev–Trinajstić information content (AvgIpc) is 3.36. The number of hydrogen-bond donors (Lipinski definition) is 0. The van der Waals surface area contributed by atoms with Crippen LogP contribution in [0, 0.1) is 5.82 Å². The summed E-state index contributed by atoms with van der Waals surface area (Å²) in [5.41, 5.74) is 9.27. The zero-order valence-electron chi connectivity index (χ0n) is 20.6. The van der Waals surface area contributed by atoms with Crippen LogP contribution < -0.4 is 0 Å². The second-order valence-corrected chi connectivity index (χ2v) is 10.6. The van der Waals surface area contributed by atoms with Crippen molar-refractivity contribution < 1.29 is 4.39 Å². The van der Waals surface area contributed by atoms with Gasteiger partial charge in [-0.1, -0.05) is 103 Å². The maximum Gasteiger partial charge on any atom is 0.123 e. The molecule has 6 aromatic carbocycles. The minimum Gasteiger partial charge on any atom is -0.207 e. The third-order valence-corrected chi connectivity index (χ3v) is 8.34. The van der Waals surface area contributed by atoms with Crippen LogP contribution in [0.2, 0.25) is 0 Å². The van der Waals surface area contributed by atoms with E-state index in [1.807, 2.05) is 23.5 Å². The fraction of sp³-hybridized carbons (Fsp3) is 0. The lowest BCUT2D eigenvalue weighted by Gasteiger charge is -2.09. The Hall–Kier alpha value is -4.53. The lowest BCUT2D eigenvalue weighted by Crippen LogP contribution is -1.84. The SMILES string of the molecule is Fc1ccc(-c2ccc(-c3cccc(-c4ccc(-c5ccc6sc7ccccc7c6c5)cc4)c3)cc2)cc1. The molecule has 0 nitrogen and oxygen atoms in total. The first-order chi connectivity index (χ1) is 18.7. The van der Waals surface area contributed by atoms with Gasteiger partial charge in [0.25, 0.3) is 0 Å². The molecule has 0 amide bonds. The van der Waals surface area contributed by atoms with Crippen molar-refractivity contribution in [1.29, 1.82) is 0 Å². The standard InChI is InChI=1S/C36H23FS/c37-32-19-16-25(17-20-32)24-8-10-26(11-9-24)29-4-3-5-30(22-29)27-12-14-28(15-13-27)31-18-21-36-34(23-31)33-6-1-2-7-35(33)38-36/h1-23H. The Morgan fingerprint density at radius 1 is 0.342 bits per heavy atom. The second-order valence-electron chi connectivity index (χ2n) is 9.55. The maximum absolute atomic E-state index is 13.3. The van der Waals surface area contributed by atoms with Gasteiger partial charge in [0.05, 0.1) is 0 Å². The Kier molecular flexibility index (Phi) is 5.61. The summed E-state index contributed by atoms with van der Waals surface area (Å²) in [4.78, 5) is 0. The van der Waals surface area contributed by atoms with E-state index >= 15 is 0 Å². The molecule has 180 valence electrons. The van der Waals surface area contributed by atoms with Crippen molar-refractivity contribution in [2.75, 3.05) is 0 Å². The normalized spacial score (nSPS) is 11.3. The molecule has 0 saturated heterocycles. The summed E-state index contributed by atoms with van der Waals surface area (Å²) in [6.45, 7) is 0. The lowest BCUT2D eigenvalue weighted by molar-refractivity contribution is 0.628. The molecule has 1 heterocycles. The van der Waals surface area contributed by atoms with Crippen LogP contribution in [0.25, 0.3) is 64.7 Å². The Labute approximate surface area is 225 Å². The molecule has 0 spiro atoms. The molecule has 0 radical (unpaired) electrons. The van der Waals surface area contributed by atoms with Crippen LogP contribution in [0.5, 0.6) is 0 Å².